The number of nitrogens with zero attached hydrogens (tertiary/aromatic N) is 3. The second-order valence-electron chi connectivity index (χ2n) is 5.65. The van der Waals surface area contributed by atoms with Crippen LogP contribution in [-0.4, -0.2) is 46.5 Å². The van der Waals surface area contributed by atoms with Crippen LogP contribution in [0.4, 0.5) is 4.79 Å². The van der Waals surface area contributed by atoms with Crippen molar-refractivity contribution in [2.75, 3.05) is 13.1 Å². The maximum absolute atomic E-state index is 12.3. The first-order valence-electron chi connectivity index (χ1n) is 6.60. The first-order valence-corrected chi connectivity index (χ1v) is 6.60. The number of carbonyl (C=O) groups excluding carboxylic acids is 1. The lowest BCUT2D eigenvalue weighted by Crippen LogP contribution is -2.41. The first kappa shape index (κ1) is 14.5. The fourth-order valence-electron chi connectivity index (χ4n) is 1.89. The number of amidine groups is 1. The van der Waals surface area contributed by atoms with Gasteiger partial charge in [0.15, 0.2) is 5.84 Å². The molecule has 2 N–H and O–H groups in total. The van der Waals surface area contributed by atoms with Crippen molar-refractivity contribution in [2.45, 2.75) is 32.4 Å². The zero-order valence-electron chi connectivity index (χ0n) is 12.0. The van der Waals surface area contributed by atoms with Crippen LogP contribution in [-0.2, 0) is 4.74 Å². The molecule has 0 spiro atoms. The topological polar surface area (TPSA) is 80.8 Å². The van der Waals surface area contributed by atoms with E-state index in [4.69, 9.17) is 10.5 Å². The number of hydrogen-bond donors (Lipinski definition) is 1. The van der Waals surface area contributed by atoms with E-state index in [0.717, 1.165) is 0 Å². The fourth-order valence-corrected chi connectivity index (χ4v) is 1.89. The van der Waals surface area contributed by atoms with E-state index in [0.29, 0.717) is 24.6 Å². The van der Waals surface area contributed by atoms with Gasteiger partial charge in [-0.2, -0.15) is 0 Å². The van der Waals surface area contributed by atoms with Crippen LogP contribution in [0.1, 0.15) is 26.5 Å². The van der Waals surface area contributed by atoms with Crippen LogP contribution < -0.4 is 5.73 Å². The summed E-state index contributed by atoms with van der Waals surface area (Å²) in [6.45, 7) is 6.31. The number of carbonyl (C=O) groups is 1. The summed E-state index contributed by atoms with van der Waals surface area (Å²) in [5.74, 6) is 0.523. The van der Waals surface area contributed by atoms with Gasteiger partial charge >= 0.3 is 6.09 Å². The molecule has 108 valence electrons. The third-order valence-corrected chi connectivity index (χ3v) is 2.73. The number of pyridine rings is 1. The van der Waals surface area contributed by atoms with Gasteiger partial charge in [-0.3, -0.25) is 14.9 Å². The molecule has 0 aromatic carbocycles. The molecule has 20 heavy (non-hydrogen) atoms. The summed E-state index contributed by atoms with van der Waals surface area (Å²) >= 11 is 0. The van der Waals surface area contributed by atoms with Crippen LogP contribution in [0.3, 0.4) is 0 Å². The Balaban J connectivity index is 2.24. The molecule has 0 aliphatic carbocycles. The van der Waals surface area contributed by atoms with Gasteiger partial charge in [0.2, 0.25) is 0 Å². The Labute approximate surface area is 118 Å². The lowest BCUT2D eigenvalue weighted by Gasteiger charge is -2.25. The van der Waals surface area contributed by atoms with E-state index in [-0.39, 0.29) is 6.04 Å². The molecule has 2 rings (SSSR count). The number of aliphatic imine (C=N–C) groups is 1. The van der Waals surface area contributed by atoms with Crippen molar-refractivity contribution in [1.82, 2.24) is 9.88 Å². The Morgan fingerprint density at radius 2 is 2.25 bits per heavy atom. The standard InChI is InChI=1S/C14H20N4O2/c1-14(2,3)20-13(19)18-9-10(8-15)17-12(18)11-6-4-5-7-16-11/h4-7,10H,8-9,15H2,1-3H3/t10-/m0/s1. The van der Waals surface area contributed by atoms with E-state index >= 15 is 0 Å². The van der Waals surface area contributed by atoms with Crippen molar-refractivity contribution in [2.24, 2.45) is 10.7 Å². The van der Waals surface area contributed by atoms with Crippen molar-refractivity contribution < 1.29 is 9.53 Å². The van der Waals surface area contributed by atoms with Gasteiger partial charge in [0.05, 0.1) is 12.6 Å². The number of rotatable bonds is 2. The maximum Gasteiger partial charge on any atom is 0.416 e. The number of nitrogens with two attached hydrogens (primary N) is 1. The Kier molecular flexibility index (Phi) is 4.04. The summed E-state index contributed by atoms with van der Waals surface area (Å²) < 4.78 is 5.40. The van der Waals surface area contributed by atoms with Crippen LogP contribution in [0.5, 0.6) is 0 Å². The monoisotopic (exact) mass is 276 g/mol. The summed E-state index contributed by atoms with van der Waals surface area (Å²) in [6.07, 6.45) is 1.25. The van der Waals surface area contributed by atoms with Crippen LogP contribution in [0.25, 0.3) is 0 Å². The zero-order chi connectivity index (χ0) is 14.8. The lowest BCUT2D eigenvalue weighted by molar-refractivity contribution is 0.0378. The Hall–Kier alpha value is -1.95. The molecule has 1 aliphatic heterocycles. The van der Waals surface area contributed by atoms with Crippen LogP contribution in [0, 0.1) is 0 Å². The SMILES string of the molecule is CC(C)(C)OC(=O)N1C[C@H](CN)N=C1c1ccccn1. The van der Waals surface area contributed by atoms with Gasteiger partial charge in [-0.05, 0) is 32.9 Å². The van der Waals surface area contributed by atoms with Crippen molar-refractivity contribution in [1.29, 1.82) is 0 Å². The average Bonchev–Trinajstić information content (AvgIpc) is 2.82. The molecule has 1 aromatic rings. The minimum absolute atomic E-state index is 0.112. The molecule has 1 aliphatic rings. The highest BCUT2D eigenvalue weighted by Gasteiger charge is 2.33. The molecular formula is C14H20N4O2. The summed E-state index contributed by atoms with van der Waals surface area (Å²) in [7, 11) is 0. The molecule has 0 fully saturated rings. The second kappa shape index (κ2) is 5.58. The highest BCUT2D eigenvalue weighted by Crippen LogP contribution is 2.18. The molecule has 1 amide bonds. The van der Waals surface area contributed by atoms with Crippen LogP contribution >= 0.6 is 0 Å². The van der Waals surface area contributed by atoms with Gasteiger partial charge in [0, 0.05) is 12.7 Å². The quantitative estimate of drug-likeness (QED) is 0.885. The summed E-state index contributed by atoms with van der Waals surface area (Å²) in [5, 5.41) is 0. The highest BCUT2D eigenvalue weighted by molar-refractivity contribution is 6.06. The maximum atomic E-state index is 12.3. The smallest absolute Gasteiger partial charge is 0.416 e. The number of hydrogen-bond acceptors (Lipinski definition) is 5. The third kappa shape index (κ3) is 3.33. The average molecular weight is 276 g/mol. The van der Waals surface area contributed by atoms with Gasteiger partial charge in [0.1, 0.15) is 11.3 Å². The minimum atomic E-state index is -0.549. The second-order valence-corrected chi connectivity index (χ2v) is 5.65. The highest BCUT2D eigenvalue weighted by atomic mass is 16.6. The predicted octanol–water partition coefficient (Wildman–Crippen LogP) is 1.41. The molecule has 1 aromatic heterocycles. The molecular weight excluding hydrogens is 256 g/mol. The van der Waals surface area contributed by atoms with E-state index in [2.05, 4.69) is 9.98 Å². The molecule has 0 bridgehead atoms. The number of amides is 1. The van der Waals surface area contributed by atoms with Crippen LogP contribution in [0.15, 0.2) is 29.4 Å². The molecule has 0 unspecified atom stereocenters. The lowest BCUT2D eigenvalue weighted by atomic mass is 10.2. The fraction of sp³-hybridized carbons (Fsp3) is 0.500. The van der Waals surface area contributed by atoms with Crippen LogP contribution in [0.2, 0.25) is 0 Å². The third-order valence-electron chi connectivity index (χ3n) is 2.73. The molecule has 0 saturated carbocycles. The number of aromatic nitrogens is 1. The van der Waals surface area contributed by atoms with E-state index in [1.165, 1.54) is 4.90 Å². The predicted molar refractivity (Wildman–Crippen MR) is 76.6 cm³/mol. The van der Waals surface area contributed by atoms with Gasteiger partial charge in [-0.25, -0.2) is 4.79 Å². The Morgan fingerprint density at radius 3 is 2.80 bits per heavy atom. The summed E-state index contributed by atoms with van der Waals surface area (Å²) in [4.78, 5) is 22.5. The first-order chi connectivity index (χ1) is 9.40. The van der Waals surface area contributed by atoms with Crippen molar-refractivity contribution in [3.8, 4) is 0 Å². The summed E-state index contributed by atoms with van der Waals surface area (Å²) in [6, 6.07) is 5.37. The van der Waals surface area contributed by atoms with E-state index in [1.807, 2.05) is 39.0 Å². The van der Waals surface area contributed by atoms with E-state index < -0.39 is 11.7 Å². The minimum Gasteiger partial charge on any atom is -0.443 e. The normalized spacial score (nSPS) is 18.9. The Bertz CT molecular complexity index is 508. The Morgan fingerprint density at radius 1 is 1.50 bits per heavy atom. The molecule has 6 heteroatoms. The van der Waals surface area contributed by atoms with Gasteiger partial charge < -0.3 is 10.5 Å². The van der Waals surface area contributed by atoms with Crippen molar-refractivity contribution >= 4 is 11.9 Å². The van der Waals surface area contributed by atoms with Crippen molar-refractivity contribution in [3.63, 3.8) is 0 Å². The number of ether oxygens (including phenoxy) is 1. The molecule has 1 atom stereocenters. The van der Waals surface area contributed by atoms with E-state index in [1.54, 1.807) is 6.20 Å². The molecule has 6 nitrogen and oxygen atoms in total. The van der Waals surface area contributed by atoms with Gasteiger partial charge in [-0.1, -0.05) is 6.07 Å². The summed E-state index contributed by atoms with van der Waals surface area (Å²) in [5.41, 5.74) is 5.76. The van der Waals surface area contributed by atoms with Gasteiger partial charge in [0.25, 0.3) is 0 Å². The molecule has 2 heterocycles. The largest absolute Gasteiger partial charge is 0.443 e. The van der Waals surface area contributed by atoms with Gasteiger partial charge in [-0.15, -0.1) is 0 Å². The van der Waals surface area contributed by atoms with Crippen molar-refractivity contribution in [3.05, 3.63) is 30.1 Å². The van der Waals surface area contributed by atoms with E-state index in [9.17, 15) is 4.79 Å². The zero-order valence-corrected chi connectivity index (χ0v) is 12.0. The molecule has 0 radical (unpaired) electrons. The molecule has 0 saturated heterocycles.